The fourth-order valence-electron chi connectivity index (χ4n) is 1.77. The van der Waals surface area contributed by atoms with Crippen LogP contribution in [0.4, 0.5) is 11.4 Å². The maximum absolute atomic E-state index is 11.1. The molecule has 1 heterocycles. The minimum absolute atomic E-state index is 0.102. The summed E-state index contributed by atoms with van der Waals surface area (Å²) >= 11 is 0. The second-order valence-corrected chi connectivity index (χ2v) is 4.11. The molecule has 0 fully saturated rings. The van der Waals surface area contributed by atoms with Gasteiger partial charge in [-0.25, -0.2) is 0 Å². The molecule has 7 heteroatoms. The Kier molecular flexibility index (Phi) is 3.99. The third kappa shape index (κ3) is 3.14. The van der Waals surface area contributed by atoms with Crippen molar-refractivity contribution in [3.63, 3.8) is 0 Å². The molecular formula is C13H13N3O4. The number of nitro benzene ring substituents is 1. The van der Waals surface area contributed by atoms with Crippen molar-refractivity contribution >= 4 is 17.3 Å². The number of rotatable bonds is 6. The zero-order valence-electron chi connectivity index (χ0n) is 10.5. The van der Waals surface area contributed by atoms with Crippen LogP contribution in [0, 0.1) is 10.1 Å². The van der Waals surface area contributed by atoms with Crippen molar-refractivity contribution in [2.45, 2.75) is 6.42 Å². The van der Waals surface area contributed by atoms with Gasteiger partial charge in [0, 0.05) is 24.6 Å². The highest BCUT2D eigenvalue weighted by molar-refractivity contribution is 5.94. The lowest BCUT2D eigenvalue weighted by Crippen LogP contribution is -2.13. The molecule has 0 aliphatic heterocycles. The Hall–Kier alpha value is -2.83. The minimum atomic E-state index is -0.631. The van der Waals surface area contributed by atoms with E-state index < -0.39 is 10.8 Å². The predicted octanol–water partition coefficient (Wildman–Crippen LogP) is 1.94. The van der Waals surface area contributed by atoms with Crippen molar-refractivity contribution in [3.05, 3.63) is 58.0 Å². The third-order valence-electron chi connectivity index (χ3n) is 2.74. The molecule has 0 atom stereocenters. The third-order valence-corrected chi connectivity index (χ3v) is 2.74. The largest absolute Gasteiger partial charge is 0.469 e. The Labute approximate surface area is 114 Å². The van der Waals surface area contributed by atoms with Crippen molar-refractivity contribution in [1.29, 1.82) is 0 Å². The SMILES string of the molecule is NC(=O)c1ccc([N+](=O)[O-])c(NCCc2ccco2)c1. The molecular weight excluding hydrogens is 262 g/mol. The molecule has 104 valence electrons. The van der Waals surface area contributed by atoms with Gasteiger partial charge >= 0.3 is 0 Å². The van der Waals surface area contributed by atoms with E-state index in [-0.39, 0.29) is 16.9 Å². The van der Waals surface area contributed by atoms with Crippen LogP contribution in [0.15, 0.2) is 41.0 Å². The first-order valence-electron chi connectivity index (χ1n) is 5.92. The molecule has 0 bridgehead atoms. The molecule has 0 aliphatic carbocycles. The number of benzene rings is 1. The first-order valence-corrected chi connectivity index (χ1v) is 5.92. The standard InChI is InChI=1S/C13H13N3O4/c14-13(17)9-3-4-12(16(18)19)11(8-9)15-6-5-10-2-1-7-20-10/h1-4,7-8,15H,5-6H2,(H2,14,17). The Bertz CT molecular complexity index is 623. The average molecular weight is 275 g/mol. The number of hydrogen-bond donors (Lipinski definition) is 2. The van der Waals surface area contributed by atoms with Gasteiger partial charge in [-0.1, -0.05) is 0 Å². The summed E-state index contributed by atoms with van der Waals surface area (Å²) in [5.41, 5.74) is 5.54. The molecule has 1 aromatic carbocycles. The van der Waals surface area contributed by atoms with Gasteiger partial charge in [0.1, 0.15) is 11.4 Å². The van der Waals surface area contributed by atoms with Crippen LogP contribution in [0.2, 0.25) is 0 Å². The quantitative estimate of drug-likeness (QED) is 0.618. The lowest BCUT2D eigenvalue weighted by atomic mass is 10.1. The van der Waals surface area contributed by atoms with E-state index >= 15 is 0 Å². The second-order valence-electron chi connectivity index (χ2n) is 4.11. The Morgan fingerprint density at radius 3 is 2.80 bits per heavy atom. The van der Waals surface area contributed by atoms with E-state index in [1.54, 1.807) is 12.3 Å². The molecule has 0 radical (unpaired) electrons. The smallest absolute Gasteiger partial charge is 0.292 e. The van der Waals surface area contributed by atoms with E-state index in [4.69, 9.17) is 10.2 Å². The summed E-state index contributed by atoms with van der Waals surface area (Å²) in [6.07, 6.45) is 2.14. The molecule has 7 nitrogen and oxygen atoms in total. The highest BCUT2D eigenvalue weighted by Gasteiger charge is 2.15. The monoisotopic (exact) mass is 275 g/mol. The zero-order valence-corrected chi connectivity index (χ0v) is 10.5. The molecule has 2 aromatic rings. The van der Waals surface area contributed by atoms with Crippen molar-refractivity contribution in [3.8, 4) is 0 Å². The van der Waals surface area contributed by atoms with E-state index in [1.165, 1.54) is 18.2 Å². The number of carbonyl (C=O) groups excluding carboxylic acids is 1. The predicted molar refractivity (Wildman–Crippen MR) is 72.5 cm³/mol. The first kappa shape index (κ1) is 13.6. The van der Waals surface area contributed by atoms with Gasteiger partial charge in [-0.2, -0.15) is 0 Å². The van der Waals surface area contributed by atoms with Crippen LogP contribution in [-0.4, -0.2) is 17.4 Å². The van der Waals surface area contributed by atoms with Crippen molar-refractivity contribution in [2.24, 2.45) is 5.73 Å². The van der Waals surface area contributed by atoms with Gasteiger partial charge in [0.2, 0.25) is 5.91 Å². The molecule has 1 amide bonds. The van der Waals surface area contributed by atoms with Crippen LogP contribution in [0.5, 0.6) is 0 Å². The first-order chi connectivity index (χ1) is 9.58. The fourth-order valence-corrected chi connectivity index (χ4v) is 1.77. The number of primary amides is 1. The normalized spacial score (nSPS) is 10.2. The maximum atomic E-state index is 11.1. The van der Waals surface area contributed by atoms with E-state index in [0.717, 1.165) is 5.76 Å². The average Bonchev–Trinajstić information content (AvgIpc) is 2.91. The minimum Gasteiger partial charge on any atom is -0.469 e. The highest BCUT2D eigenvalue weighted by Crippen LogP contribution is 2.25. The molecule has 1 aromatic heterocycles. The van der Waals surface area contributed by atoms with E-state index in [1.807, 2.05) is 6.07 Å². The van der Waals surface area contributed by atoms with E-state index in [9.17, 15) is 14.9 Å². The molecule has 0 aliphatic rings. The van der Waals surface area contributed by atoms with E-state index in [2.05, 4.69) is 5.32 Å². The van der Waals surface area contributed by atoms with Crippen LogP contribution in [0.25, 0.3) is 0 Å². The van der Waals surface area contributed by atoms with E-state index in [0.29, 0.717) is 13.0 Å². The molecule has 3 N–H and O–H groups in total. The Morgan fingerprint density at radius 1 is 1.40 bits per heavy atom. The summed E-state index contributed by atoms with van der Waals surface area (Å²) in [6.45, 7) is 0.441. The number of nitrogens with two attached hydrogens (primary N) is 1. The van der Waals surface area contributed by atoms with Gasteiger partial charge in [-0.15, -0.1) is 0 Å². The highest BCUT2D eigenvalue weighted by atomic mass is 16.6. The topological polar surface area (TPSA) is 111 Å². The van der Waals surface area contributed by atoms with Crippen LogP contribution in [-0.2, 0) is 6.42 Å². The fraction of sp³-hybridized carbons (Fsp3) is 0.154. The molecule has 2 rings (SSSR count). The van der Waals surface area contributed by atoms with Gasteiger partial charge in [0.15, 0.2) is 0 Å². The Morgan fingerprint density at radius 2 is 2.20 bits per heavy atom. The number of anilines is 1. The van der Waals surface area contributed by atoms with Crippen LogP contribution in [0.3, 0.4) is 0 Å². The van der Waals surface area contributed by atoms with Gasteiger partial charge in [0.25, 0.3) is 5.69 Å². The maximum Gasteiger partial charge on any atom is 0.292 e. The summed E-state index contributed by atoms with van der Waals surface area (Å²) in [4.78, 5) is 21.5. The molecule has 0 unspecified atom stereocenters. The number of nitro groups is 1. The summed E-state index contributed by atoms with van der Waals surface area (Å²) in [6, 6.07) is 7.55. The van der Waals surface area contributed by atoms with Gasteiger partial charge in [0.05, 0.1) is 11.2 Å². The van der Waals surface area contributed by atoms with Crippen molar-refractivity contribution in [1.82, 2.24) is 0 Å². The number of furan rings is 1. The lowest BCUT2D eigenvalue weighted by Gasteiger charge is -2.07. The summed E-state index contributed by atoms with van der Waals surface area (Å²) < 4.78 is 5.16. The zero-order chi connectivity index (χ0) is 14.5. The molecule has 0 spiro atoms. The van der Waals surface area contributed by atoms with Crippen molar-refractivity contribution < 1.29 is 14.1 Å². The number of carbonyl (C=O) groups is 1. The second kappa shape index (κ2) is 5.87. The van der Waals surface area contributed by atoms with Crippen molar-refractivity contribution in [2.75, 3.05) is 11.9 Å². The number of amides is 1. The van der Waals surface area contributed by atoms with Crippen LogP contribution < -0.4 is 11.1 Å². The summed E-state index contributed by atoms with van der Waals surface area (Å²) in [5, 5.41) is 13.8. The van der Waals surface area contributed by atoms with Crippen LogP contribution in [0.1, 0.15) is 16.1 Å². The van der Waals surface area contributed by atoms with Gasteiger partial charge in [-0.05, 0) is 24.3 Å². The lowest BCUT2D eigenvalue weighted by molar-refractivity contribution is -0.384. The van der Waals surface area contributed by atoms with Gasteiger partial charge < -0.3 is 15.5 Å². The van der Waals surface area contributed by atoms with Crippen LogP contribution >= 0.6 is 0 Å². The number of nitrogens with zero attached hydrogens (tertiary/aromatic N) is 1. The summed E-state index contributed by atoms with van der Waals surface area (Å²) in [7, 11) is 0. The summed E-state index contributed by atoms with van der Waals surface area (Å²) in [5.74, 6) is 0.139. The molecule has 0 saturated carbocycles. The molecule has 20 heavy (non-hydrogen) atoms. The molecule has 0 saturated heterocycles. The Balaban J connectivity index is 2.13. The number of hydrogen-bond acceptors (Lipinski definition) is 5. The number of nitrogens with one attached hydrogen (secondary N) is 1. The van der Waals surface area contributed by atoms with Gasteiger partial charge in [-0.3, -0.25) is 14.9 Å².